The zero-order valence-corrected chi connectivity index (χ0v) is 30.1. The normalized spacial score (nSPS) is 17.7. The van der Waals surface area contributed by atoms with Crippen molar-refractivity contribution in [1.82, 2.24) is 20.9 Å². The molecule has 12 heteroatoms. The lowest BCUT2D eigenvalue weighted by atomic mass is 10.0. The van der Waals surface area contributed by atoms with Gasteiger partial charge in [-0.05, 0) is 62.9 Å². The van der Waals surface area contributed by atoms with Crippen molar-refractivity contribution in [1.29, 1.82) is 0 Å². The van der Waals surface area contributed by atoms with Gasteiger partial charge in [0.1, 0.15) is 40.5 Å². The molecule has 1 heterocycles. The smallest absolute Gasteiger partial charge is 0.408 e. The SMILES string of the molecule is C=C[C@@H]1C[C@]1(NC(=O)C(NC(=O)[C@@H](NC(=O)OC(C)(C)C)C(C)C)c1ccc(Oc2cc(-c3ccccc3)nc3cc(OC)ccc23)cc1)C(=O)O. The second-order valence-corrected chi connectivity index (χ2v) is 14.0. The highest BCUT2D eigenvalue weighted by Crippen LogP contribution is 2.45. The molecular formula is C40H44N4O8. The van der Waals surface area contributed by atoms with E-state index in [1.54, 1.807) is 66.0 Å². The highest BCUT2D eigenvalue weighted by molar-refractivity contribution is 5.96. The number of nitrogens with one attached hydrogen (secondary N) is 3. The van der Waals surface area contributed by atoms with E-state index in [1.807, 2.05) is 54.6 Å². The quantitative estimate of drug-likeness (QED) is 0.113. The number of benzene rings is 3. The van der Waals surface area contributed by atoms with Crippen molar-refractivity contribution in [2.75, 3.05) is 7.11 Å². The number of fused-ring (bicyclic) bond motifs is 1. The van der Waals surface area contributed by atoms with Gasteiger partial charge < -0.3 is 35.3 Å². The zero-order chi connectivity index (χ0) is 37.8. The Labute approximate surface area is 302 Å². The summed E-state index contributed by atoms with van der Waals surface area (Å²) in [6.07, 6.45) is 0.852. The van der Waals surface area contributed by atoms with Gasteiger partial charge in [-0.3, -0.25) is 9.59 Å². The van der Waals surface area contributed by atoms with Gasteiger partial charge in [-0.15, -0.1) is 6.58 Å². The third-order valence-electron chi connectivity index (χ3n) is 8.69. The molecule has 1 unspecified atom stereocenters. The summed E-state index contributed by atoms with van der Waals surface area (Å²) in [5.41, 5.74) is 0.256. The molecule has 1 aromatic heterocycles. The number of carboxylic acid groups (broad SMARTS) is 1. The number of pyridine rings is 1. The predicted octanol–water partition coefficient (Wildman–Crippen LogP) is 6.55. The van der Waals surface area contributed by atoms with E-state index in [0.29, 0.717) is 34.0 Å². The summed E-state index contributed by atoms with van der Waals surface area (Å²) in [5, 5.41) is 18.7. The van der Waals surface area contributed by atoms with Crippen LogP contribution in [0, 0.1) is 11.8 Å². The summed E-state index contributed by atoms with van der Waals surface area (Å²) >= 11 is 0. The van der Waals surface area contributed by atoms with Crippen LogP contribution in [0.4, 0.5) is 4.79 Å². The fourth-order valence-corrected chi connectivity index (χ4v) is 5.81. The van der Waals surface area contributed by atoms with E-state index < -0.39 is 53.0 Å². The maximum atomic E-state index is 13.9. The van der Waals surface area contributed by atoms with Gasteiger partial charge in [0.2, 0.25) is 11.8 Å². The maximum Gasteiger partial charge on any atom is 0.408 e. The van der Waals surface area contributed by atoms with Crippen molar-refractivity contribution in [2.24, 2.45) is 11.8 Å². The highest BCUT2D eigenvalue weighted by Gasteiger charge is 2.60. The second kappa shape index (κ2) is 15.1. The summed E-state index contributed by atoms with van der Waals surface area (Å²) in [7, 11) is 1.58. The molecule has 1 aliphatic rings. The molecule has 3 aromatic carbocycles. The van der Waals surface area contributed by atoms with Gasteiger partial charge in [0.05, 0.1) is 18.3 Å². The third-order valence-corrected chi connectivity index (χ3v) is 8.69. The summed E-state index contributed by atoms with van der Waals surface area (Å²) in [5.74, 6) is -1.87. The predicted molar refractivity (Wildman–Crippen MR) is 196 cm³/mol. The van der Waals surface area contributed by atoms with Gasteiger partial charge in [-0.2, -0.15) is 0 Å². The molecule has 5 rings (SSSR count). The molecule has 4 aromatic rings. The van der Waals surface area contributed by atoms with Crippen LogP contribution in [-0.2, 0) is 19.1 Å². The largest absolute Gasteiger partial charge is 0.497 e. The van der Waals surface area contributed by atoms with Crippen molar-refractivity contribution in [3.05, 3.63) is 97.1 Å². The first-order chi connectivity index (χ1) is 24.6. The van der Waals surface area contributed by atoms with E-state index >= 15 is 0 Å². The third kappa shape index (κ3) is 8.51. The minimum absolute atomic E-state index is 0.163. The average molecular weight is 709 g/mol. The summed E-state index contributed by atoms with van der Waals surface area (Å²) in [6, 6.07) is 21.1. The molecule has 0 radical (unpaired) electrons. The van der Waals surface area contributed by atoms with Crippen molar-refractivity contribution in [3.8, 4) is 28.5 Å². The number of carbonyl (C=O) groups is 4. The van der Waals surface area contributed by atoms with Crippen molar-refractivity contribution in [2.45, 2.75) is 64.3 Å². The average Bonchev–Trinajstić information content (AvgIpc) is 3.83. The molecule has 0 aliphatic heterocycles. The van der Waals surface area contributed by atoms with Crippen LogP contribution in [0.2, 0.25) is 0 Å². The van der Waals surface area contributed by atoms with Crippen molar-refractivity contribution < 1.29 is 38.5 Å². The van der Waals surface area contributed by atoms with E-state index in [4.69, 9.17) is 19.2 Å². The van der Waals surface area contributed by atoms with Crippen LogP contribution >= 0.6 is 0 Å². The van der Waals surface area contributed by atoms with E-state index in [-0.39, 0.29) is 12.3 Å². The standard InChI is InChI=1S/C40H44N4O8/c1-8-26-22-40(26,37(47)48)44-36(46)34(42-35(45)33(23(2)3)43-38(49)52-39(4,5)6)25-14-16-27(17-15-25)51-32-21-30(24-12-10-9-11-13-24)41-31-20-28(50-7)18-19-29(31)32/h8-21,23,26,33-34H,1,22H2,2-7H3,(H,42,45)(H,43,49)(H,44,46)(H,47,48)/t26-,33+,34?,40-/m1/s1. The Hall–Kier alpha value is -5.91. The Bertz CT molecular complexity index is 1970. The Morgan fingerprint density at radius 1 is 0.942 bits per heavy atom. The zero-order valence-electron chi connectivity index (χ0n) is 30.1. The van der Waals surface area contributed by atoms with Crippen molar-refractivity contribution >= 4 is 34.8 Å². The second-order valence-electron chi connectivity index (χ2n) is 14.0. The van der Waals surface area contributed by atoms with Crippen molar-refractivity contribution in [3.63, 3.8) is 0 Å². The summed E-state index contributed by atoms with van der Waals surface area (Å²) in [4.78, 5) is 57.2. The minimum atomic E-state index is -1.54. The van der Waals surface area contributed by atoms with Gasteiger partial charge >= 0.3 is 12.1 Å². The number of carboxylic acids is 1. The number of ether oxygens (including phenoxy) is 3. The molecule has 272 valence electrons. The Kier molecular flexibility index (Phi) is 10.9. The monoisotopic (exact) mass is 708 g/mol. The molecule has 0 saturated heterocycles. The first-order valence-electron chi connectivity index (χ1n) is 16.9. The lowest BCUT2D eigenvalue weighted by molar-refractivity contribution is -0.144. The van der Waals surface area contributed by atoms with Gasteiger partial charge in [-0.25, -0.2) is 14.6 Å². The number of aromatic nitrogens is 1. The molecule has 4 atom stereocenters. The molecular weight excluding hydrogens is 664 g/mol. The Morgan fingerprint density at radius 3 is 2.19 bits per heavy atom. The fraction of sp³-hybridized carbons (Fsp3) is 0.325. The molecule has 1 fully saturated rings. The van der Waals surface area contributed by atoms with Crippen LogP contribution in [0.15, 0.2) is 91.5 Å². The van der Waals surface area contributed by atoms with Crippen LogP contribution < -0.4 is 25.4 Å². The van der Waals surface area contributed by atoms with E-state index in [9.17, 15) is 24.3 Å². The first kappa shape index (κ1) is 37.3. The topological polar surface area (TPSA) is 165 Å². The van der Waals surface area contributed by atoms with Gasteiger partial charge in [0.15, 0.2) is 0 Å². The number of carbonyl (C=O) groups excluding carboxylic acids is 3. The fourth-order valence-electron chi connectivity index (χ4n) is 5.81. The van der Waals surface area contributed by atoms with Crippen LogP contribution in [-0.4, -0.2) is 58.3 Å². The molecule has 3 amide bonds. The molecule has 0 bridgehead atoms. The van der Waals surface area contributed by atoms with Gasteiger partial charge in [0.25, 0.3) is 0 Å². The number of hydrogen-bond donors (Lipinski definition) is 4. The number of nitrogens with zero attached hydrogens (tertiary/aromatic N) is 1. The summed E-state index contributed by atoms with van der Waals surface area (Å²) < 4.78 is 17.2. The molecule has 1 saturated carbocycles. The maximum absolute atomic E-state index is 13.9. The molecule has 1 aliphatic carbocycles. The molecule has 52 heavy (non-hydrogen) atoms. The Balaban J connectivity index is 1.46. The number of methoxy groups -OCH3 is 1. The minimum Gasteiger partial charge on any atom is -0.497 e. The van der Waals surface area contributed by atoms with E-state index in [2.05, 4.69) is 22.5 Å². The lowest BCUT2D eigenvalue weighted by Crippen LogP contribution is -2.55. The number of rotatable bonds is 13. The summed E-state index contributed by atoms with van der Waals surface area (Å²) in [6.45, 7) is 12.3. The number of hydrogen-bond acceptors (Lipinski definition) is 8. The molecule has 0 spiro atoms. The van der Waals surface area contributed by atoms with E-state index in [0.717, 1.165) is 10.9 Å². The first-order valence-corrected chi connectivity index (χ1v) is 16.9. The Morgan fingerprint density at radius 2 is 1.62 bits per heavy atom. The van der Waals surface area contributed by atoms with Gasteiger partial charge in [0, 0.05) is 29.0 Å². The van der Waals surface area contributed by atoms with E-state index in [1.165, 1.54) is 6.08 Å². The number of aliphatic carboxylic acids is 1. The highest BCUT2D eigenvalue weighted by atomic mass is 16.6. The molecule has 12 nitrogen and oxygen atoms in total. The van der Waals surface area contributed by atoms with Crippen LogP contribution in [0.5, 0.6) is 17.2 Å². The van der Waals surface area contributed by atoms with Crippen LogP contribution in [0.25, 0.3) is 22.2 Å². The number of alkyl carbamates (subject to hydrolysis) is 1. The van der Waals surface area contributed by atoms with Crippen LogP contribution in [0.1, 0.15) is 52.6 Å². The molecule has 4 N–H and O–H groups in total. The number of amides is 3. The van der Waals surface area contributed by atoms with Crippen LogP contribution in [0.3, 0.4) is 0 Å². The lowest BCUT2D eigenvalue weighted by Gasteiger charge is -2.28. The van der Waals surface area contributed by atoms with Gasteiger partial charge in [-0.1, -0.05) is 62.4 Å².